The molecule has 3 aromatic rings. The number of phenols is 1. The molecule has 1 aromatic carbocycles. The van der Waals surface area contributed by atoms with Crippen molar-refractivity contribution >= 4 is 5.95 Å². The molecule has 0 bridgehead atoms. The normalized spacial score (nSPS) is 16.3. The molecule has 9 heteroatoms. The van der Waals surface area contributed by atoms with Crippen LogP contribution in [0.15, 0.2) is 36.8 Å². The van der Waals surface area contributed by atoms with Crippen molar-refractivity contribution in [1.29, 1.82) is 0 Å². The van der Waals surface area contributed by atoms with Crippen molar-refractivity contribution in [2.45, 2.75) is 32.4 Å². The SMILES string of the molecule is COc1cc(-c2ccc(-c3cnc(N4CC[C@H](NC(C)C)C4)nn3)c(O)c2)ncn1. The second-order valence-electron chi connectivity index (χ2n) is 7.57. The molecule has 1 atom stereocenters. The van der Waals surface area contributed by atoms with Gasteiger partial charge in [0.1, 0.15) is 17.8 Å². The molecule has 0 aliphatic carbocycles. The van der Waals surface area contributed by atoms with E-state index in [4.69, 9.17) is 4.74 Å². The lowest BCUT2D eigenvalue weighted by Crippen LogP contribution is -2.37. The van der Waals surface area contributed by atoms with Crippen molar-refractivity contribution < 1.29 is 9.84 Å². The smallest absolute Gasteiger partial charge is 0.245 e. The van der Waals surface area contributed by atoms with Gasteiger partial charge in [0.05, 0.1) is 19.0 Å². The highest BCUT2D eigenvalue weighted by Crippen LogP contribution is 2.32. The molecule has 1 aliphatic rings. The second kappa shape index (κ2) is 8.58. The first-order valence-electron chi connectivity index (χ1n) is 9.94. The van der Waals surface area contributed by atoms with Gasteiger partial charge in [0.15, 0.2) is 0 Å². The number of nitrogens with one attached hydrogen (secondary N) is 1. The van der Waals surface area contributed by atoms with Crippen LogP contribution in [-0.4, -0.2) is 62.5 Å². The summed E-state index contributed by atoms with van der Waals surface area (Å²) in [6.07, 6.45) is 4.13. The van der Waals surface area contributed by atoms with E-state index in [9.17, 15) is 5.11 Å². The third-order valence-electron chi connectivity index (χ3n) is 5.01. The van der Waals surface area contributed by atoms with E-state index in [0.29, 0.717) is 40.9 Å². The fourth-order valence-corrected chi connectivity index (χ4v) is 3.60. The number of anilines is 1. The number of ether oxygens (including phenoxy) is 1. The van der Waals surface area contributed by atoms with Crippen molar-refractivity contribution in [2.24, 2.45) is 0 Å². The number of aromatic nitrogens is 5. The fourth-order valence-electron chi connectivity index (χ4n) is 3.60. The lowest BCUT2D eigenvalue weighted by Gasteiger charge is -2.18. The number of hydrogen-bond donors (Lipinski definition) is 2. The standard InChI is InChI=1S/C21H25N7O2/c1-13(2)25-15-6-7-28(11-15)21-22-10-18(26-27-21)16-5-4-14(8-19(16)29)17-9-20(30-3)24-12-23-17/h4-5,8-10,12-13,15,25,29H,6-7,11H2,1-3H3/t15-/m0/s1. The van der Waals surface area contributed by atoms with Crippen molar-refractivity contribution in [3.63, 3.8) is 0 Å². The average molecular weight is 407 g/mol. The quantitative estimate of drug-likeness (QED) is 0.636. The van der Waals surface area contributed by atoms with Gasteiger partial charge in [0.2, 0.25) is 11.8 Å². The molecule has 0 saturated carbocycles. The van der Waals surface area contributed by atoms with Crippen molar-refractivity contribution in [2.75, 3.05) is 25.1 Å². The number of rotatable bonds is 6. The number of benzene rings is 1. The summed E-state index contributed by atoms with van der Waals surface area (Å²) in [5, 5.41) is 22.7. The molecule has 156 valence electrons. The first kappa shape index (κ1) is 20.0. The van der Waals surface area contributed by atoms with Crippen LogP contribution in [0.1, 0.15) is 20.3 Å². The molecular formula is C21H25N7O2. The first-order chi connectivity index (χ1) is 14.5. The van der Waals surface area contributed by atoms with E-state index in [0.717, 1.165) is 25.1 Å². The molecule has 0 unspecified atom stereocenters. The van der Waals surface area contributed by atoms with Gasteiger partial charge >= 0.3 is 0 Å². The van der Waals surface area contributed by atoms with Crippen LogP contribution in [0, 0.1) is 0 Å². The van der Waals surface area contributed by atoms with E-state index < -0.39 is 0 Å². The van der Waals surface area contributed by atoms with Gasteiger partial charge < -0.3 is 20.1 Å². The van der Waals surface area contributed by atoms with Crippen LogP contribution in [0.3, 0.4) is 0 Å². The third-order valence-corrected chi connectivity index (χ3v) is 5.01. The zero-order valence-electron chi connectivity index (χ0n) is 17.3. The van der Waals surface area contributed by atoms with Gasteiger partial charge in [0.25, 0.3) is 0 Å². The van der Waals surface area contributed by atoms with E-state index >= 15 is 0 Å². The van der Waals surface area contributed by atoms with Crippen LogP contribution in [0.25, 0.3) is 22.5 Å². The highest BCUT2D eigenvalue weighted by molar-refractivity contribution is 5.72. The maximum atomic E-state index is 10.5. The van der Waals surface area contributed by atoms with Gasteiger partial charge in [-0.05, 0) is 18.6 Å². The Morgan fingerprint density at radius 3 is 2.70 bits per heavy atom. The topological polar surface area (TPSA) is 109 Å². The number of methoxy groups -OCH3 is 1. The predicted octanol–water partition coefficient (Wildman–Crippen LogP) is 2.29. The molecule has 0 amide bonds. The van der Waals surface area contributed by atoms with Crippen LogP contribution in [0.2, 0.25) is 0 Å². The van der Waals surface area contributed by atoms with Gasteiger partial charge in [0, 0.05) is 42.4 Å². The number of hydrogen-bond acceptors (Lipinski definition) is 9. The van der Waals surface area contributed by atoms with Gasteiger partial charge in [-0.2, -0.15) is 0 Å². The van der Waals surface area contributed by atoms with Crippen LogP contribution < -0.4 is 15.0 Å². The summed E-state index contributed by atoms with van der Waals surface area (Å²) >= 11 is 0. The molecule has 2 N–H and O–H groups in total. The summed E-state index contributed by atoms with van der Waals surface area (Å²) in [4.78, 5) is 14.8. The Bertz CT molecular complexity index is 1010. The van der Waals surface area contributed by atoms with Crippen molar-refractivity contribution in [3.05, 3.63) is 36.8 Å². The van der Waals surface area contributed by atoms with E-state index in [2.05, 4.69) is 49.2 Å². The summed E-state index contributed by atoms with van der Waals surface area (Å²) in [6, 6.07) is 7.87. The van der Waals surface area contributed by atoms with Crippen LogP contribution in [0.4, 0.5) is 5.95 Å². The molecule has 4 rings (SSSR count). The van der Waals surface area contributed by atoms with E-state index in [1.165, 1.54) is 6.33 Å². The molecule has 1 aliphatic heterocycles. The van der Waals surface area contributed by atoms with Gasteiger partial charge in [-0.25, -0.2) is 15.0 Å². The van der Waals surface area contributed by atoms with Gasteiger partial charge in [-0.15, -0.1) is 10.2 Å². The summed E-state index contributed by atoms with van der Waals surface area (Å²) in [7, 11) is 1.55. The summed E-state index contributed by atoms with van der Waals surface area (Å²) in [6.45, 7) is 6.05. The summed E-state index contributed by atoms with van der Waals surface area (Å²) in [5.41, 5.74) is 2.48. The van der Waals surface area contributed by atoms with Crippen molar-refractivity contribution in [1.82, 2.24) is 30.5 Å². The largest absolute Gasteiger partial charge is 0.507 e. The molecule has 0 radical (unpaired) electrons. The highest BCUT2D eigenvalue weighted by atomic mass is 16.5. The molecule has 1 saturated heterocycles. The molecule has 2 aromatic heterocycles. The van der Waals surface area contributed by atoms with Crippen molar-refractivity contribution in [3.8, 4) is 34.1 Å². The minimum Gasteiger partial charge on any atom is -0.507 e. The van der Waals surface area contributed by atoms with E-state index in [1.807, 2.05) is 6.07 Å². The first-order valence-corrected chi connectivity index (χ1v) is 9.94. The Morgan fingerprint density at radius 1 is 1.13 bits per heavy atom. The molecule has 9 nitrogen and oxygen atoms in total. The molecule has 30 heavy (non-hydrogen) atoms. The summed E-state index contributed by atoms with van der Waals surface area (Å²) < 4.78 is 5.13. The monoisotopic (exact) mass is 407 g/mol. The average Bonchev–Trinajstić information content (AvgIpc) is 3.21. The number of aromatic hydroxyl groups is 1. The summed E-state index contributed by atoms with van der Waals surface area (Å²) in [5.74, 6) is 1.15. The maximum Gasteiger partial charge on any atom is 0.245 e. The van der Waals surface area contributed by atoms with E-state index in [1.54, 1.807) is 31.5 Å². The Labute approximate surface area is 175 Å². The highest BCUT2D eigenvalue weighted by Gasteiger charge is 2.25. The fraction of sp³-hybridized carbons (Fsp3) is 0.381. The molecule has 3 heterocycles. The molecular weight excluding hydrogens is 382 g/mol. The lowest BCUT2D eigenvalue weighted by molar-refractivity contribution is 0.397. The minimum absolute atomic E-state index is 0.0799. The lowest BCUT2D eigenvalue weighted by atomic mass is 10.1. The molecule has 1 fully saturated rings. The molecule has 0 spiro atoms. The Hall–Kier alpha value is -3.33. The Balaban J connectivity index is 1.50. The number of phenolic OH excluding ortho intramolecular Hbond substituents is 1. The van der Waals surface area contributed by atoms with Gasteiger partial charge in [-0.1, -0.05) is 19.9 Å². The third kappa shape index (κ3) is 4.30. The Morgan fingerprint density at radius 2 is 2.00 bits per heavy atom. The van der Waals surface area contributed by atoms with Crippen LogP contribution in [-0.2, 0) is 0 Å². The maximum absolute atomic E-state index is 10.5. The van der Waals surface area contributed by atoms with Crippen LogP contribution >= 0.6 is 0 Å². The Kier molecular flexibility index (Phi) is 5.71. The zero-order valence-corrected chi connectivity index (χ0v) is 17.3. The van der Waals surface area contributed by atoms with Gasteiger partial charge in [-0.3, -0.25) is 0 Å². The zero-order chi connectivity index (χ0) is 21.1. The second-order valence-corrected chi connectivity index (χ2v) is 7.57. The van der Waals surface area contributed by atoms with Crippen LogP contribution in [0.5, 0.6) is 11.6 Å². The number of nitrogens with zero attached hydrogens (tertiary/aromatic N) is 6. The minimum atomic E-state index is 0.0799. The van der Waals surface area contributed by atoms with E-state index in [-0.39, 0.29) is 5.75 Å². The predicted molar refractivity (Wildman–Crippen MR) is 113 cm³/mol.